The van der Waals surface area contributed by atoms with E-state index in [1.807, 2.05) is 16.7 Å². The van der Waals surface area contributed by atoms with Crippen molar-refractivity contribution in [2.45, 2.75) is 32.2 Å². The van der Waals surface area contributed by atoms with Gasteiger partial charge in [-0.25, -0.2) is 4.79 Å². The van der Waals surface area contributed by atoms with Gasteiger partial charge in [-0.3, -0.25) is 4.57 Å². The van der Waals surface area contributed by atoms with Crippen LogP contribution in [0.1, 0.15) is 31.4 Å². The first-order chi connectivity index (χ1) is 8.81. The topological polar surface area (TPSA) is 49.8 Å². The molecule has 2 aromatic rings. The maximum absolute atomic E-state index is 12.2. The molecule has 18 heavy (non-hydrogen) atoms. The van der Waals surface area contributed by atoms with Gasteiger partial charge in [-0.2, -0.15) is 0 Å². The van der Waals surface area contributed by atoms with Gasteiger partial charge in [0, 0.05) is 6.04 Å². The molecule has 1 aliphatic heterocycles. The van der Waals surface area contributed by atoms with Crippen LogP contribution in [0.4, 0.5) is 0 Å². The number of hydrogen-bond donors (Lipinski definition) is 2. The standard InChI is InChI=1S/C14H19N3O/c1-2-10-4-3-5-12-13(10)17(14(18)16-12)11-6-8-15-9-7-11/h3-5,11,15H,2,6-9H2,1H3,(H,16,18). The highest BCUT2D eigenvalue weighted by Crippen LogP contribution is 2.24. The van der Waals surface area contributed by atoms with Gasteiger partial charge >= 0.3 is 5.69 Å². The lowest BCUT2D eigenvalue weighted by Crippen LogP contribution is -2.33. The summed E-state index contributed by atoms with van der Waals surface area (Å²) in [5.74, 6) is 0. The van der Waals surface area contributed by atoms with Gasteiger partial charge in [0.1, 0.15) is 0 Å². The number of rotatable bonds is 2. The largest absolute Gasteiger partial charge is 0.326 e. The molecule has 0 aliphatic carbocycles. The maximum atomic E-state index is 12.2. The van der Waals surface area contributed by atoms with E-state index in [1.54, 1.807) is 0 Å². The summed E-state index contributed by atoms with van der Waals surface area (Å²) < 4.78 is 1.98. The summed E-state index contributed by atoms with van der Waals surface area (Å²) in [6.45, 7) is 4.13. The lowest BCUT2D eigenvalue weighted by atomic mass is 10.0. The fraction of sp³-hybridized carbons (Fsp3) is 0.500. The first-order valence-electron chi connectivity index (χ1n) is 6.74. The van der Waals surface area contributed by atoms with Crippen molar-refractivity contribution in [1.82, 2.24) is 14.9 Å². The highest BCUT2D eigenvalue weighted by atomic mass is 16.1. The molecule has 0 bridgehead atoms. The Morgan fingerprint density at radius 1 is 1.33 bits per heavy atom. The summed E-state index contributed by atoms with van der Waals surface area (Å²) in [5.41, 5.74) is 3.37. The maximum Gasteiger partial charge on any atom is 0.326 e. The van der Waals surface area contributed by atoms with Crippen LogP contribution in [0.15, 0.2) is 23.0 Å². The number of aromatic nitrogens is 2. The predicted molar refractivity (Wildman–Crippen MR) is 73.1 cm³/mol. The zero-order valence-corrected chi connectivity index (χ0v) is 10.7. The Hall–Kier alpha value is -1.55. The molecule has 0 radical (unpaired) electrons. The molecule has 3 rings (SSSR count). The molecule has 1 aromatic heterocycles. The van der Waals surface area contributed by atoms with Crippen LogP contribution < -0.4 is 11.0 Å². The van der Waals surface area contributed by atoms with Crippen molar-refractivity contribution in [1.29, 1.82) is 0 Å². The van der Waals surface area contributed by atoms with Gasteiger partial charge < -0.3 is 10.3 Å². The lowest BCUT2D eigenvalue weighted by Gasteiger charge is -2.24. The van der Waals surface area contributed by atoms with Crippen LogP contribution in [0.5, 0.6) is 0 Å². The zero-order valence-electron chi connectivity index (χ0n) is 10.7. The van der Waals surface area contributed by atoms with Crippen molar-refractivity contribution < 1.29 is 0 Å². The Balaban J connectivity index is 2.20. The summed E-state index contributed by atoms with van der Waals surface area (Å²) in [5, 5.41) is 3.35. The third kappa shape index (κ3) is 1.77. The number of aryl methyl sites for hydroxylation is 1. The summed E-state index contributed by atoms with van der Waals surface area (Å²) in [6, 6.07) is 6.46. The van der Waals surface area contributed by atoms with E-state index in [0.717, 1.165) is 43.4 Å². The lowest BCUT2D eigenvalue weighted by molar-refractivity contribution is 0.368. The van der Waals surface area contributed by atoms with E-state index in [-0.39, 0.29) is 5.69 Å². The number of piperidine rings is 1. The predicted octanol–water partition coefficient (Wildman–Crippen LogP) is 1.82. The van der Waals surface area contributed by atoms with Crippen LogP contribution in [0.3, 0.4) is 0 Å². The second-order valence-corrected chi connectivity index (χ2v) is 4.95. The van der Waals surface area contributed by atoms with Crippen molar-refractivity contribution in [2.24, 2.45) is 0 Å². The quantitative estimate of drug-likeness (QED) is 0.848. The molecule has 4 nitrogen and oxygen atoms in total. The van der Waals surface area contributed by atoms with Crippen molar-refractivity contribution >= 4 is 11.0 Å². The number of imidazole rings is 1. The number of H-pyrrole nitrogens is 1. The van der Waals surface area contributed by atoms with Crippen LogP contribution in [-0.2, 0) is 6.42 Å². The minimum Gasteiger partial charge on any atom is -0.317 e. The fourth-order valence-corrected chi connectivity index (χ4v) is 2.95. The Bertz CT molecular complexity index is 605. The summed E-state index contributed by atoms with van der Waals surface area (Å²) in [7, 11) is 0. The van der Waals surface area contributed by atoms with E-state index < -0.39 is 0 Å². The van der Waals surface area contributed by atoms with E-state index in [1.165, 1.54) is 5.56 Å². The number of fused-ring (bicyclic) bond motifs is 1. The molecule has 1 aliphatic rings. The second-order valence-electron chi connectivity index (χ2n) is 4.95. The van der Waals surface area contributed by atoms with Gasteiger partial charge in [0.2, 0.25) is 0 Å². The summed E-state index contributed by atoms with van der Waals surface area (Å²) >= 11 is 0. The Morgan fingerprint density at radius 2 is 2.11 bits per heavy atom. The molecule has 0 saturated carbocycles. The van der Waals surface area contributed by atoms with Gasteiger partial charge in [-0.15, -0.1) is 0 Å². The fourth-order valence-electron chi connectivity index (χ4n) is 2.95. The minimum atomic E-state index is 0.0396. The number of para-hydroxylation sites is 1. The molecule has 4 heteroatoms. The molecule has 1 fully saturated rings. The first kappa shape index (κ1) is 11.5. The zero-order chi connectivity index (χ0) is 12.5. The monoisotopic (exact) mass is 245 g/mol. The van der Waals surface area contributed by atoms with Crippen LogP contribution in [0.25, 0.3) is 11.0 Å². The van der Waals surface area contributed by atoms with Gasteiger partial charge in [-0.05, 0) is 44.0 Å². The number of nitrogens with zero attached hydrogens (tertiary/aromatic N) is 1. The Kier molecular flexibility index (Phi) is 2.96. The molecule has 0 atom stereocenters. The molecular weight excluding hydrogens is 226 g/mol. The molecule has 0 spiro atoms. The average Bonchev–Trinajstić information content (AvgIpc) is 2.75. The summed E-state index contributed by atoms with van der Waals surface area (Å²) in [4.78, 5) is 15.2. The van der Waals surface area contributed by atoms with Crippen LogP contribution >= 0.6 is 0 Å². The third-order valence-corrected chi connectivity index (χ3v) is 3.88. The molecule has 2 N–H and O–H groups in total. The average molecular weight is 245 g/mol. The third-order valence-electron chi connectivity index (χ3n) is 3.88. The van der Waals surface area contributed by atoms with E-state index in [9.17, 15) is 4.79 Å². The van der Waals surface area contributed by atoms with Crippen molar-refractivity contribution in [2.75, 3.05) is 13.1 Å². The normalized spacial score (nSPS) is 17.4. The summed E-state index contributed by atoms with van der Waals surface area (Å²) in [6.07, 6.45) is 3.02. The van der Waals surface area contributed by atoms with E-state index >= 15 is 0 Å². The van der Waals surface area contributed by atoms with Crippen molar-refractivity contribution in [3.63, 3.8) is 0 Å². The highest BCUT2D eigenvalue weighted by molar-refractivity contribution is 5.79. The molecule has 2 heterocycles. The Morgan fingerprint density at radius 3 is 2.83 bits per heavy atom. The second kappa shape index (κ2) is 4.61. The van der Waals surface area contributed by atoms with Gasteiger partial charge in [0.25, 0.3) is 0 Å². The molecule has 0 amide bonds. The molecule has 96 valence electrons. The molecular formula is C14H19N3O. The van der Waals surface area contributed by atoms with Gasteiger partial charge in [-0.1, -0.05) is 19.1 Å². The number of benzene rings is 1. The van der Waals surface area contributed by atoms with Gasteiger partial charge in [0.05, 0.1) is 11.0 Å². The SMILES string of the molecule is CCc1cccc2[nH]c(=O)n(C3CCNCC3)c12. The van der Waals surface area contributed by atoms with E-state index in [4.69, 9.17) is 0 Å². The molecule has 1 saturated heterocycles. The minimum absolute atomic E-state index is 0.0396. The molecule has 0 unspecified atom stereocenters. The van der Waals surface area contributed by atoms with E-state index in [0.29, 0.717) is 6.04 Å². The van der Waals surface area contributed by atoms with Crippen LogP contribution in [0.2, 0.25) is 0 Å². The van der Waals surface area contributed by atoms with Crippen LogP contribution in [-0.4, -0.2) is 22.6 Å². The number of hydrogen-bond acceptors (Lipinski definition) is 2. The number of nitrogens with one attached hydrogen (secondary N) is 2. The van der Waals surface area contributed by atoms with E-state index in [2.05, 4.69) is 23.3 Å². The smallest absolute Gasteiger partial charge is 0.317 e. The number of aromatic amines is 1. The highest BCUT2D eigenvalue weighted by Gasteiger charge is 2.20. The van der Waals surface area contributed by atoms with Gasteiger partial charge in [0.15, 0.2) is 0 Å². The van der Waals surface area contributed by atoms with Crippen molar-refractivity contribution in [3.8, 4) is 0 Å². The Labute approximate surface area is 106 Å². The van der Waals surface area contributed by atoms with Crippen LogP contribution in [0, 0.1) is 0 Å². The van der Waals surface area contributed by atoms with Crippen molar-refractivity contribution in [3.05, 3.63) is 34.2 Å². The molecule has 1 aromatic carbocycles. The first-order valence-corrected chi connectivity index (χ1v) is 6.74.